The standard InChI is InChI=1S/C47H29N3S/c1-4-13-30(14-5-1)33-19-12-20-35(27-33)47-49-41(31-15-6-2-7-16-31)29-42(50-47)34-23-26-43-39(28-34)36-24-25-38-44(46(36)51-43)37-21-10-11-22-40(37)48-45(38)32-17-8-3-9-18-32/h1-29H. The van der Waals surface area contributed by atoms with Crippen molar-refractivity contribution in [1.82, 2.24) is 15.0 Å². The zero-order valence-corrected chi connectivity index (χ0v) is 28.3. The minimum Gasteiger partial charge on any atom is -0.247 e. The molecule has 0 bridgehead atoms. The normalized spacial score (nSPS) is 11.5. The summed E-state index contributed by atoms with van der Waals surface area (Å²) in [4.78, 5) is 15.5. The quantitative estimate of drug-likeness (QED) is 0.171. The molecule has 0 aliphatic rings. The second-order valence-corrected chi connectivity index (χ2v) is 13.8. The van der Waals surface area contributed by atoms with Crippen LogP contribution in [0.3, 0.4) is 0 Å². The van der Waals surface area contributed by atoms with Crippen LogP contribution < -0.4 is 0 Å². The largest absolute Gasteiger partial charge is 0.247 e. The van der Waals surface area contributed by atoms with Crippen molar-refractivity contribution in [2.24, 2.45) is 0 Å². The van der Waals surface area contributed by atoms with E-state index in [2.05, 4.69) is 164 Å². The molecule has 10 aromatic rings. The number of pyridine rings is 1. The van der Waals surface area contributed by atoms with E-state index in [1.165, 1.54) is 41.9 Å². The van der Waals surface area contributed by atoms with E-state index in [-0.39, 0.29) is 0 Å². The molecule has 0 radical (unpaired) electrons. The van der Waals surface area contributed by atoms with E-state index in [4.69, 9.17) is 15.0 Å². The van der Waals surface area contributed by atoms with Crippen molar-refractivity contribution >= 4 is 53.2 Å². The molecular weight excluding hydrogens is 639 g/mol. The number of aromatic nitrogens is 3. The molecule has 0 atom stereocenters. The summed E-state index contributed by atoms with van der Waals surface area (Å²) in [5.74, 6) is 0.706. The van der Waals surface area contributed by atoms with E-state index in [1.54, 1.807) is 0 Å². The Hall–Kier alpha value is -6.49. The van der Waals surface area contributed by atoms with Crippen LogP contribution in [0.2, 0.25) is 0 Å². The number of para-hydroxylation sites is 1. The lowest BCUT2D eigenvalue weighted by Crippen LogP contribution is -1.96. The van der Waals surface area contributed by atoms with Crippen LogP contribution in [0.1, 0.15) is 0 Å². The summed E-state index contributed by atoms with van der Waals surface area (Å²) in [5.41, 5.74) is 10.4. The van der Waals surface area contributed by atoms with Gasteiger partial charge in [0.05, 0.1) is 22.6 Å². The van der Waals surface area contributed by atoms with Crippen molar-refractivity contribution in [3.8, 4) is 56.3 Å². The molecule has 7 aromatic carbocycles. The number of thiophene rings is 1. The molecule has 0 aliphatic carbocycles. The second kappa shape index (κ2) is 12.1. The summed E-state index contributed by atoms with van der Waals surface area (Å²) in [7, 11) is 0. The van der Waals surface area contributed by atoms with E-state index in [0.29, 0.717) is 5.82 Å². The van der Waals surface area contributed by atoms with Gasteiger partial charge >= 0.3 is 0 Å². The van der Waals surface area contributed by atoms with Gasteiger partial charge in [-0.15, -0.1) is 11.3 Å². The van der Waals surface area contributed by atoms with Crippen LogP contribution in [0, 0.1) is 0 Å². The molecule has 51 heavy (non-hydrogen) atoms. The fourth-order valence-corrected chi connectivity index (χ4v) is 8.44. The van der Waals surface area contributed by atoms with Crippen molar-refractivity contribution < 1.29 is 0 Å². The molecular formula is C47H29N3S. The Kier molecular flexibility index (Phi) is 7.00. The Morgan fingerprint density at radius 3 is 1.76 bits per heavy atom. The number of hydrogen-bond donors (Lipinski definition) is 0. The van der Waals surface area contributed by atoms with Gasteiger partial charge in [0.1, 0.15) is 0 Å². The lowest BCUT2D eigenvalue weighted by Gasteiger charge is -2.11. The van der Waals surface area contributed by atoms with Gasteiger partial charge in [-0.3, -0.25) is 0 Å². The van der Waals surface area contributed by atoms with E-state index in [1.807, 2.05) is 23.5 Å². The fraction of sp³-hybridized carbons (Fsp3) is 0. The van der Waals surface area contributed by atoms with Crippen LogP contribution in [0.25, 0.3) is 98.1 Å². The first kappa shape index (κ1) is 29.4. The lowest BCUT2D eigenvalue weighted by atomic mass is 9.97. The summed E-state index contributed by atoms with van der Waals surface area (Å²) in [6.45, 7) is 0. The minimum absolute atomic E-state index is 0.706. The van der Waals surface area contributed by atoms with Crippen molar-refractivity contribution in [2.75, 3.05) is 0 Å². The highest BCUT2D eigenvalue weighted by Crippen LogP contribution is 2.44. The van der Waals surface area contributed by atoms with Gasteiger partial charge in [0, 0.05) is 58.6 Å². The van der Waals surface area contributed by atoms with E-state index in [0.717, 1.165) is 50.4 Å². The first-order valence-electron chi connectivity index (χ1n) is 17.1. The molecule has 0 amide bonds. The Labute approximate surface area is 299 Å². The third-order valence-corrected chi connectivity index (χ3v) is 10.9. The van der Waals surface area contributed by atoms with Crippen LogP contribution in [-0.4, -0.2) is 15.0 Å². The molecule has 0 spiro atoms. The number of benzene rings is 7. The monoisotopic (exact) mass is 667 g/mol. The summed E-state index contributed by atoms with van der Waals surface area (Å²) in [6, 6.07) is 61.8. The third-order valence-electron chi connectivity index (χ3n) is 9.67. The SMILES string of the molecule is c1ccc(-c2cccc(-c3nc(-c4ccccc4)cc(-c4ccc5sc6c(ccc7c(-c8ccccc8)nc8ccccc8c76)c5c4)n3)c2)cc1. The molecule has 0 unspecified atom stereocenters. The maximum absolute atomic E-state index is 5.23. The minimum atomic E-state index is 0.706. The van der Waals surface area contributed by atoms with Gasteiger partial charge < -0.3 is 0 Å². The molecule has 0 fully saturated rings. The highest BCUT2D eigenvalue weighted by molar-refractivity contribution is 7.26. The van der Waals surface area contributed by atoms with Crippen LogP contribution in [0.5, 0.6) is 0 Å². The number of nitrogens with zero attached hydrogens (tertiary/aromatic N) is 3. The zero-order chi connectivity index (χ0) is 33.7. The Bertz CT molecular complexity index is 2900. The van der Waals surface area contributed by atoms with Crippen molar-refractivity contribution in [3.05, 3.63) is 176 Å². The van der Waals surface area contributed by atoms with Crippen LogP contribution in [-0.2, 0) is 0 Å². The maximum Gasteiger partial charge on any atom is 0.160 e. The lowest BCUT2D eigenvalue weighted by molar-refractivity contribution is 1.18. The predicted molar refractivity (Wildman–Crippen MR) is 215 cm³/mol. The van der Waals surface area contributed by atoms with Crippen molar-refractivity contribution in [3.63, 3.8) is 0 Å². The van der Waals surface area contributed by atoms with Crippen LogP contribution in [0.15, 0.2) is 176 Å². The molecule has 0 N–H and O–H groups in total. The van der Waals surface area contributed by atoms with Gasteiger partial charge in [-0.05, 0) is 41.5 Å². The van der Waals surface area contributed by atoms with E-state index < -0.39 is 0 Å². The van der Waals surface area contributed by atoms with E-state index in [9.17, 15) is 0 Å². The first-order chi connectivity index (χ1) is 25.3. The Morgan fingerprint density at radius 2 is 0.980 bits per heavy atom. The van der Waals surface area contributed by atoms with E-state index >= 15 is 0 Å². The molecule has 4 heteroatoms. The summed E-state index contributed by atoms with van der Waals surface area (Å²) < 4.78 is 2.53. The van der Waals surface area contributed by atoms with Crippen LogP contribution in [0.4, 0.5) is 0 Å². The highest BCUT2D eigenvalue weighted by Gasteiger charge is 2.18. The smallest absolute Gasteiger partial charge is 0.160 e. The number of fused-ring (bicyclic) bond motifs is 7. The van der Waals surface area contributed by atoms with Crippen molar-refractivity contribution in [2.45, 2.75) is 0 Å². The topological polar surface area (TPSA) is 38.7 Å². The van der Waals surface area contributed by atoms with Gasteiger partial charge in [-0.1, -0.05) is 146 Å². The van der Waals surface area contributed by atoms with Gasteiger partial charge in [0.15, 0.2) is 5.82 Å². The number of rotatable bonds is 5. The molecule has 3 nitrogen and oxygen atoms in total. The Balaban J connectivity index is 1.17. The molecule has 3 aromatic heterocycles. The van der Waals surface area contributed by atoms with Crippen LogP contribution >= 0.6 is 11.3 Å². The summed E-state index contributed by atoms with van der Waals surface area (Å²) in [6.07, 6.45) is 0. The van der Waals surface area contributed by atoms with Crippen molar-refractivity contribution in [1.29, 1.82) is 0 Å². The average molecular weight is 668 g/mol. The van der Waals surface area contributed by atoms with Gasteiger partial charge in [0.25, 0.3) is 0 Å². The number of hydrogen-bond acceptors (Lipinski definition) is 4. The second-order valence-electron chi connectivity index (χ2n) is 12.8. The molecule has 0 aliphatic heterocycles. The van der Waals surface area contributed by atoms with Gasteiger partial charge in [-0.25, -0.2) is 15.0 Å². The predicted octanol–water partition coefficient (Wildman–Crippen LogP) is 12.9. The molecule has 10 rings (SSSR count). The van der Waals surface area contributed by atoms with Gasteiger partial charge in [0.2, 0.25) is 0 Å². The molecule has 3 heterocycles. The third kappa shape index (κ3) is 5.16. The fourth-order valence-electron chi connectivity index (χ4n) is 7.19. The molecule has 0 saturated carbocycles. The first-order valence-corrected chi connectivity index (χ1v) is 17.9. The Morgan fingerprint density at radius 1 is 0.353 bits per heavy atom. The summed E-state index contributed by atoms with van der Waals surface area (Å²) in [5, 5.41) is 6.07. The molecule has 238 valence electrons. The average Bonchev–Trinajstić information content (AvgIpc) is 3.59. The summed E-state index contributed by atoms with van der Waals surface area (Å²) >= 11 is 1.85. The van der Waals surface area contributed by atoms with Gasteiger partial charge in [-0.2, -0.15) is 0 Å². The maximum atomic E-state index is 5.23. The molecule has 0 saturated heterocycles. The zero-order valence-electron chi connectivity index (χ0n) is 27.5. The highest BCUT2D eigenvalue weighted by atomic mass is 32.1.